The molecule has 0 bridgehead atoms. The average molecular weight is 204 g/mol. The molecule has 1 heterocycles. The summed E-state index contributed by atoms with van der Waals surface area (Å²) in [6, 6.07) is 11.9. The van der Waals surface area contributed by atoms with Gasteiger partial charge in [-0.05, 0) is 19.4 Å². The van der Waals surface area contributed by atoms with Crippen LogP contribution in [-0.2, 0) is 0 Å². The van der Waals surface area contributed by atoms with Crippen molar-refractivity contribution >= 4 is 0 Å². The molecule has 1 saturated heterocycles. The molecule has 2 heteroatoms. The molecule has 0 aromatic heterocycles. The second kappa shape index (κ2) is 4.77. The van der Waals surface area contributed by atoms with E-state index >= 15 is 0 Å². The summed E-state index contributed by atoms with van der Waals surface area (Å²) in [6.07, 6.45) is 0. The Bertz CT molecular complexity index is 297. The third-order valence-electron chi connectivity index (χ3n) is 3.23. The van der Waals surface area contributed by atoms with E-state index in [1.54, 1.807) is 0 Å². The highest BCUT2D eigenvalue weighted by atomic mass is 15.2. The number of nitrogens with zero attached hydrogens (tertiary/aromatic N) is 1. The second-order valence-corrected chi connectivity index (χ2v) is 4.44. The van der Waals surface area contributed by atoms with Gasteiger partial charge in [0, 0.05) is 31.7 Å². The lowest BCUT2D eigenvalue weighted by molar-refractivity contribution is 0.159. The fourth-order valence-corrected chi connectivity index (χ4v) is 2.26. The fraction of sp³-hybridized carbons (Fsp3) is 0.538. The molecular weight excluding hydrogens is 184 g/mol. The van der Waals surface area contributed by atoms with E-state index in [1.807, 2.05) is 0 Å². The zero-order chi connectivity index (χ0) is 10.7. The van der Waals surface area contributed by atoms with E-state index in [9.17, 15) is 0 Å². The Morgan fingerprint density at radius 1 is 1.33 bits per heavy atom. The molecule has 1 aliphatic heterocycles. The molecule has 2 rings (SSSR count). The van der Waals surface area contributed by atoms with Crippen LogP contribution < -0.4 is 5.32 Å². The molecule has 82 valence electrons. The van der Waals surface area contributed by atoms with Gasteiger partial charge in [-0.2, -0.15) is 0 Å². The smallest absolute Gasteiger partial charge is 0.0321 e. The molecule has 1 unspecified atom stereocenters. The Kier molecular flexibility index (Phi) is 3.39. The molecule has 0 radical (unpaired) electrons. The predicted molar refractivity (Wildman–Crippen MR) is 63.9 cm³/mol. The topological polar surface area (TPSA) is 15.3 Å². The van der Waals surface area contributed by atoms with Gasteiger partial charge in [0.2, 0.25) is 0 Å². The van der Waals surface area contributed by atoms with Gasteiger partial charge in [-0.1, -0.05) is 30.3 Å². The molecule has 0 spiro atoms. The lowest BCUT2D eigenvalue weighted by Crippen LogP contribution is -2.49. The normalized spacial score (nSPS) is 25.1. The number of hydrogen-bond acceptors (Lipinski definition) is 2. The van der Waals surface area contributed by atoms with Crippen LogP contribution in [-0.4, -0.2) is 30.6 Å². The number of rotatable bonds is 2. The van der Waals surface area contributed by atoms with E-state index in [0.29, 0.717) is 12.1 Å². The Balaban J connectivity index is 2.04. The molecule has 0 amide bonds. The minimum Gasteiger partial charge on any atom is -0.312 e. The molecule has 0 aliphatic carbocycles. The highest BCUT2D eigenvalue weighted by Gasteiger charge is 2.20. The van der Waals surface area contributed by atoms with E-state index in [1.165, 1.54) is 5.56 Å². The van der Waals surface area contributed by atoms with Crippen molar-refractivity contribution in [1.82, 2.24) is 10.2 Å². The highest BCUT2D eigenvalue weighted by molar-refractivity contribution is 5.18. The molecule has 15 heavy (non-hydrogen) atoms. The van der Waals surface area contributed by atoms with Gasteiger partial charge in [0.25, 0.3) is 0 Å². The van der Waals surface area contributed by atoms with Crippen LogP contribution in [0.2, 0.25) is 0 Å². The van der Waals surface area contributed by atoms with Crippen LogP contribution >= 0.6 is 0 Å². The van der Waals surface area contributed by atoms with Gasteiger partial charge in [0.1, 0.15) is 0 Å². The number of benzene rings is 1. The summed E-state index contributed by atoms with van der Waals surface area (Å²) in [4.78, 5) is 2.55. The Morgan fingerprint density at radius 2 is 2.07 bits per heavy atom. The molecule has 1 N–H and O–H groups in total. The lowest BCUT2D eigenvalue weighted by Gasteiger charge is -2.36. The molecule has 2 nitrogen and oxygen atoms in total. The van der Waals surface area contributed by atoms with E-state index in [4.69, 9.17) is 0 Å². The largest absolute Gasteiger partial charge is 0.312 e. The van der Waals surface area contributed by atoms with Crippen molar-refractivity contribution in [1.29, 1.82) is 0 Å². The predicted octanol–water partition coefficient (Wildman–Crippen LogP) is 2.04. The van der Waals surface area contributed by atoms with Gasteiger partial charge in [0.15, 0.2) is 0 Å². The van der Waals surface area contributed by atoms with Crippen LogP contribution in [0.5, 0.6) is 0 Å². The van der Waals surface area contributed by atoms with Gasteiger partial charge in [-0.15, -0.1) is 0 Å². The quantitative estimate of drug-likeness (QED) is 0.793. The van der Waals surface area contributed by atoms with Crippen LogP contribution in [0.15, 0.2) is 30.3 Å². The van der Waals surface area contributed by atoms with E-state index < -0.39 is 0 Å². The van der Waals surface area contributed by atoms with Crippen molar-refractivity contribution in [2.24, 2.45) is 0 Å². The maximum Gasteiger partial charge on any atom is 0.0321 e. The summed E-state index contributed by atoms with van der Waals surface area (Å²) < 4.78 is 0. The third-order valence-corrected chi connectivity index (χ3v) is 3.23. The van der Waals surface area contributed by atoms with Crippen LogP contribution in [0.3, 0.4) is 0 Å². The first kappa shape index (κ1) is 10.7. The first-order valence-corrected chi connectivity index (χ1v) is 5.80. The summed E-state index contributed by atoms with van der Waals surface area (Å²) in [5.41, 5.74) is 1.42. The van der Waals surface area contributed by atoms with E-state index in [-0.39, 0.29) is 0 Å². The molecule has 2 atom stereocenters. The summed E-state index contributed by atoms with van der Waals surface area (Å²) in [5, 5.41) is 3.48. The summed E-state index contributed by atoms with van der Waals surface area (Å²) in [6.45, 7) is 7.96. The fourth-order valence-electron chi connectivity index (χ4n) is 2.26. The molecule has 1 aromatic rings. The Labute approximate surface area is 92.3 Å². The maximum absolute atomic E-state index is 3.48. The number of nitrogens with one attached hydrogen (secondary N) is 1. The molecule has 1 aromatic carbocycles. The average Bonchev–Trinajstić information content (AvgIpc) is 2.29. The van der Waals surface area contributed by atoms with Crippen LogP contribution in [0.4, 0.5) is 0 Å². The van der Waals surface area contributed by atoms with Gasteiger partial charge < -0.3 is 5.32 Å². The van der Waals surface area contributed by atoms with E-state index in [2.05, 4.69) is 54.4 Å². The summed E-state index contributed by atoms with van der Waals surface area (Å²) >= 11 is 0. The minimum absolute atomic E-state index is 0.538. The standard InChI is InChI=1S/C13H20N2/c1-11-10-15(9-8-14-11)12(2)13-6-4-3-5-7-13/h3-7,11-12,14H,8-10H2,1-2H3/t11-,12?/m1/s1. The Hall–Kier alpha value is -0.860. The molecular formula is C13H20N2. The zero-order valence-corrected chi connectivity index (χ0v) is 9.61. The monoisotopic (exact) mass is 204 g/mol. The van der Waals surface area contributed by atoms with Crippen LogP contribution in [0, 0.1) is 0 Å². The van der Waals surface area contributed by atoms with Crippen LogP contribution in [0.1, 0.15) is 25.5 Å². The van der Waals surface area contributed by atoms with Gasteiger partial charge >= 0.3 is 0 Å². The van der Waals surface area contributed by atoms with Gasteiger partial charge in [-0.25, -0.2) is 0 Å². The first-order chi connectivity index (χ1) is 7.27. The number of hydrogen-bond donors (Lipinski definition) is 1. The number of piperazine rings is 1. The second-order valence-electron chi connectivity index (χ2n) is 4.44. The van der Waals surface area contributed by atoms with Crippen molar-refractivity contribution in [2.45, 2.75) is 25.9 Å². The van der Waals surface area contributed by atoms with Crippen molar-refractivity contribution in [2.75, 3.05) is 19.6 Å². The third kappa shape index (κ3) is 2.58. The minimum atomic E-state index is 0.538. The Morgan fingerprint density at radius 3 is 2.73 bits per heavy atom. The van der Waals surface area contributed by atoms with E-state index in [0.717, 1.165) is 19.6 Å². The summed E-state index contributed by atoms with van der Waals surface area (Å²) in [5.74, 6) is 0. The first-order valence-electron chi connectivity index (χ1n) is 5.80. The SMILES string of the molecule is CC(c1ccccc1)N1CCN[C@H](C)C1. The lowest BCUT2D eigenvalue weighted by atomic mass is 10.1. The van der Waals surface area contributed by atoms with Crippen molar-refractivity contribution in [3.63, 3.8) is 0 Å². The van der Waals surface area contributed by atoms with Crippen LogP contribution in [0.25, 0.3) is 0 Å². The van der Waals surface area contributed by atoms with Gasteiger partial charge in [-0.3, -0.25) is 4.90 Å². The summed E-state index contributed by atoms with van der Waals surface area (Å²) in [7, 11) is 0. The maximum atomic E-state index is 3.48. The van der Waals surface area contributed by atoms with Crippen molar-refractivity contribution in [3.05, 3.63) is 35.9 Å². The van der Waals surface area contributed by atoms with Crippen molar-refractivity contribution in [3.8, 4) is 0 Å². The van der Waals surface area contributed by atoms with Crippen molar-refractivity contribution < 1.29 is 0 Å². The van der Waals surface area contributed by atoms with Gasteiger partial charge in [0.05, 0.1) is 0 Å². The molecule has 1 aliphatic rings. The molecule has 0 saturated carbocycles. The highest BCUT2D eigenvalue weighted by Crippen LogP contribution is 2.20. The zero-order valence-electron chi connectivity index (χ0n) is 9.61. The molecule has 1 fully saturated rings.